The molecule has 0 aromatic rings. The van der Waals surface area contributed by atoms with Crippen LogP contribution in [0.15, 0.2) is 12.0 Å². The molecular weight excluding hydrogens is 144 g/mol. The number of rotatable bonds is 3. The van der Waals surface area contributed by atoms with Crippen molar-refractivity contribution in [3.8, 4) is 0 Å². The Morgan fingerprint density at radius 1 is 1.64 bits per heavy atom. The van der Waals surface area contributed by atoms with Gasteiger partial charge >= 0.3 is 5.97 Å². The fourth-order valence-electron chi connectivity index (χ4n) is 1.07. The minimum atomic E-state index is -0.198. The van der Waals surface area contributed by atoms with Crippen LogP contribution in [0.2, 0.25) is 0 Å². The largest absolute Gasteiger partial charge is 0.494 e. The average Bonchev–Trinajstić information content (AvgIpc) is 2.33. The van der Waals surface area contributed by atoms with Crippen LogP contribution in [0.4, 0.5) is 0 Å². The van der Waals surface area contributed by atoms with Crippen LogP contribution in [-0.4, -0.2) is 12.6 Å². The van der Waals surface area contributed by atoms with Gasteiger partial charge in [0.1, 0.15) is 17.9 Å². The molecular formula is C8H12O3. The third kappa shape index (κ3) is 1.53. The maximum absolute atomic E-state index is 10.9. The van der Waals surface area contributed by atoms with Crippen molar-refractivity contribution >= 4 is 5.97 Å². The topological polar surface area (TPSA) is 35.5 Å². The van der Waals surface area contributed by atoms with Crippen LogP contribution in [0.5, 0.6) is 0 Å². The van der Waals surface area contributed by atoms with Gasteiger partial charge in [0.2, 0.25) is 0 Å². The summed E-state index contributed by atoms with van der Waals surface area (Å²) in [6, 6.07) is 0. The van der Waals surface area contributed by atoms with Gasteiger partial charge < -0.3 is 9.47 Å². The van der Waals surface area contributed by atoms with Gasteiger partial charge in [-0.2, -0.15) is 0 Å². The predicted octanol–water partition coefficient (Wildman–Crippen LogP) is 1.45. The minimum absolute atomic E-state index is 0.171. The quantitative estimate of drug-likeness (QED) is 0.580. The van der Waals surface area contributed by atoms with Crippen molar-refractivity contribution < 1.29 is 14.3 Å². The molecule has 1 atom stereocenters. The van der Waals surface area contributed by atoms with Crippen molar-refractivity contribution in [1.82, 2.24) is 0 Å². The first-order valence-electron chi connectivity index (χ1n) is 3.83. The molecule has 0 aromatic carbocycles. The summed E-state index contributed by atoms with van der Waals surface area (Å²) in [4.78, 5) is 10.9. The van der Waals surface area contributed by atoms with Crippen LogP contribution in [0.25, 0.3) is 0 Å². The minimum Gasteiger partial charge on any atom is -0.494 e. The summed E-state index contributed by atoms with van der Waals surface area (Å²) in [7, 11) is 0. The Balaban J connectivity index is 2.58. The first kappa shape index (κ1) is 8.11. The van der Waals surface area contributed by atoms with E-state index in [0.29, 0.717) is 12.4 Å². The van der Waals surface area contributed by atoms with E-state index in [1.165, 1.54) is 6.26 Å². The molecule has 0 bridgehead atoms. The molecule has 62 valence electrons. The number of esters is 1. The molecule has 1 heterocycles. The SMILES string of the molecule is CCOC1=COC(=O)C1CC. The van der Waals surface area contributed by atoms with Crippen LogP contribution < -0.4 is 0 Å². The summed E-state index contributed by atoms with van der Waals surface area (Å²) >= 11 is 0. The summed E-state index contributed by atoms with van der Waals surface area (Å²) in [6.07, 6.45) is 2.14. The molecule has 11 heavy (non-hydrogen) atoms. The molecule has 0 spiro atoms. The van der Waals surface area contributed by atoms with Gasteiger partial charge in [0, 0.05) is 0 Å². The molecule has 1 rings (SSSR count). The Labute approximate surface area is 66.0 Å². The highest BCUT2D eigenvalue weighted by Crippen LogP contribution is 2.23. The van der Waals surface area contributed by atoms with Gasteiger partial charge in [-0.25, -0.2) is 0 Å². The highest BCUT2D eigenvalue weighted by molar-refractivity contribution is 5.78. The van der Waals surface area contributed by atoms with E-state index in [4.69, 9.17) is 9.47 Å². The smallest absolute Gasteiger partial charge is 0.321 e. The van der Waals surface area contributed by atoms with E-state index in [1.807, 2.05) is 13.8 Å². The standard InChI is InChI=1S/C8H12O3/c1-3-6-7(10-4-2)5-11-8(6)9/h5-6H,3-4H2,1-2H3. The lowest BCUT2D eigenvalue weighted by Crippen LogP contribution is -2.11. The van der Waals surface area contributed by atoms with Gasteiger partial charge in [0.05, 0.1) is 6.61 Å². The van der Waals surface area contributed by atoms with Crippen LogP contribution in [0, 0.1) is 5.92 Å². The van der Waals surface area contributed by atoms with E-state index in [2.05, 4.69) is 0 Å². The van der Waals surface area contributed by atoms with Gasteiger partial charge in [0.15, 0.2) is 0 Å². The Morgan fingerprint density at radius 2 is 2.36 bits per heavy atom. The molecule has 0 fully saturated rings. The van der Waals surface area contributed by atoms with Crippen molar-refractivity contribution in [3.05, 3.63) is 12.0 Å². The maximum Gasteiger partial charge on any atom is 0.321 e. The molecule has 0 saturated heterocycles. The zero-order chi connectivity index (χ0) is 8.27. The first-order chi connectivity index (χ1) is 5.29. The number of hydrogen-bond donors (Lipinski definition) is 0. The lowest BCUT2D eigenvalue weighted by Gasteiger charge is -2.07. The Kier molecular flexibility index (Phi) is 2.52. The molecule has 1 aliphatic rings. The fraction of sp³-hybridized carbons (Fsp3) is 0.625. The van der Waals surface area contributed by atoms with Gasteiger partial charge in [-0.3, -0.25) is 4.79 Å². The number of ether oxygens (including phenoxy) is 2. The van der Waals surface area contributed by atoms with Crippen molar-refractivity contribution in [1.29, 1.82) is 0 Å². The lowest BCUT2D eigenvalue weighted by atomic mass is 10.1. The zero-order valence-corrected chi connectivity index (χ0v) is 6.79. The number of carbonyl (C=O) groups is 1. The summed E-state index contributed by atoms with van der Waals surface area (Å²) in [5.74, 6) is 0.297. The molecule has 0 amide bonds. The van der Waals surface area contributed by atoms with Crippen molar-refractivity contribution in [2.45, 2.75) is 20.3 Å². The molecule has 1 aliphatic heterocycles. The molecule has 0 aliphatic carbocycles. The third-order valence-corrected chi connectivity index (χ3v) is 1.64. The molecule has 0 N–H and O–H groups in total. The number of carbonyl (C=O) groups excluding carboxylic acids is 1. The maximum atomic E-state index is 10.9. The van der Waals surface area contributed by atoms with Crippen LogP contribution >= 0.6 is 0 Å². The second kappa shape index (κ2) is 3.42. The van der Waals surface area contributed by atoms with E-state index in [1.54, 1.807) is 0 Å². The molecule has 3 heteroatoms. The summed E-state index contributed by atoms with van der Waals surface area (Å²) in [6.45, 7) is 4.40. The van der Waals surface area contributed by atoms with E-state index in [-0.39, 0.29) is 11.9 Å². The average molecular weight is 156 g/mol. The van der Waals surface area contributed by atoms with Gasteiger partial charge in [-0.05, 0) is 13.3 Å². The Morgan fingerprint density at radius 3 is 2.91 bits per heavy atom. The Hall–Kier alpha value is -0.990. The second-order valence-electron chi connectivity index (χ2n) is 2.35. The van der Waals surface area contributed by atoms with Gasteiger partial charge in [-0.1, -0.05) is 6.92 Å². The van der Waals surface area contributed by atoms with Crippen molar-refractivity contribution in [2.24, 2.45) is 5.92 Å². The van der Waals surface area contributed by atoms with Crippen LogP contribution in [0.3, 0.4) is 0 Å². The fourth-order valence-corrected chi connectivity index (χ4v) is 1.07. The second-order valence-corrected chi connectivity index (χ2v) is 2.35. The predicted molar refractivity (Wildman–Crippen MR) is 39.6 cm³/mol. The van der Waals surface area contributed by atoms with Gasteiger partial charge in [-0.15, -0.1) is 0 Å². The monoisotopic (exact) mass is 156 g/mol. The normalized spacial score (nSPS) is 22.9. The third-order valence-electron chi connectivity index (χ3n) is 1.64. The van der Waals surface area contributed by atoms with E-state index < -0.39 is 0 Å². The molecule has 3 nitrogen and oxygen atoms in total. The lowest BCUT2D eigenvalue weighted by molar-refractivity contribution is -0.139. The van der Waals surface area contributed by atoms with Crippen molar-refractivity contribution in [2.75, 3.05) is 6.61 Å². The van der Waals surface area contributed by atoms with Crippen molar-refractivity contribution in [3.63, 3.8) is 0 Å². The first-order valence-corrected chi connectivity index (χ1v) is 3.83. The number of cyclic esters (lactones) is 1. The molecule has 0 saturated carbocycles. The summed E-state index contributed by atoms with van der Waals surface area (Å²) < 4.78 is 9.89. The Bertz CT molecular complexity index is 184. The van der Waals surface area contributed by atoms with Gasteiger partial charge in [0.25, 0.3) is 0 Å². The summed E-state index contributed by atoms with van der Waals surface area (Å²) in [5, 5.41) is 0. The number of hydrogen-bond acceptors (Lipinski definition) is 3. The molecule has 1 unspecified atom stereocenters. The van der Waals surface area contributed by atoms with Crippen LogP contribution in [-0.2, 0) is 14.3 Å². The highest BCUT2D eigenvalue weighted by Gasteiger charge is 2.29. The van der Waals surface area contributed by atoms with E-state index in [0.717, 1.165) is 6.42 Å². The van der Waals surface area contributed by atoms with E-state index in [9.17, 15) is 4.79 Å². The zero-order valence-electron chi connectivity index (χ0n) is 6.79. The molecule has 0 radical (unpaired) electrons. The summed E-state index contributed by atoms with van der Waals surface area (Å²) in [5.41, 5.74) is 0. The van der Waals surface area contributed by atoms with E-state index >= 15 is 0 Å². The molecule has 0 aromatic heterocycles. The van der Waals surface area contributed by atoms with Crippen LogP contribution in [0.1, 0.15) is 20.3 Å². The highest BCUT2D eigenvalue weighted by atomic mass is 16.6.